The number of aryl methyl sites for hydroxylation is 1. The Labute approximate surface area is 100 Å². The van der Waals surface area contributed by atoms with Crippen molar-refractivity contribution in [3.63, 3.8) is 0 Å². The second-order valence-electron chi connectivity index (χ2n) is 3.36. The van der Waals surface area contributed by atoms with Gasteiger partial charge in [-0.05, 0) is 18.5 Å². The van der Waals surface area contributed by atoms with E-state index in [9.17, 15) is 0 Å². The van der Waals surface area contributed by atoms with Gasteiger partial charge < -0.3 is 14.8 Å². The number of halogens is 1. The zero-order valence-corrected chi connectivity index (χ0v) is 10.4. The predicted molar refractivity (Wildman–Crippen MR) is 62.9 cm³/mol. The lowest BCUT2D eigenvalue weighted by Crippen LogP contribution is -2.27. The van der Waals surface area contributed by atoms with Crippen molar-refractivity contribution < 1.29 is 9.47 Å². The van der Waals surface area contributed by atoms with Crippen molar-refractivity contribution >= 4 is 17.4 Å². The average Bonchev–Trinajstić information content (AvgIpc) is 2.28. The fourth-order valence-electron chi connectivity index (χ4n) is 1.21. The van der Waals surface area contributed by atoms with Gasteiger partial charge in [0.05, 0.1) is 12.7 Å². The third-order valence-electron chi connectivity index (χ3n) is 2.13. The minimum atomic E-state index is -0.0156. The number of nitrogens with zero attached hydrogens (tertiary/aromatic N) is 2. The molecule has 0 aliphatic rings. The molecule has 1 heterocycles. The van der Waals surface area contributed by atoms with E-state index in [1.807, 2.05) is 6.92 Å². The van der Waals surface area contributed by atoms with Gasteiger partial charge in [0, 0.05) is 32.5 Å². The molecule has 5 nitrogen and oxygen atoms in total. The molecule has 0 bridgehead atoms. The third-order valence-corrected chi connectivity index (χ3v) is 2.31. The summed E-state index contributed by atoms with van der Waals surface area (Å²) < 4.78 is 10.2. The number of aromatic nitrogens is 2. The minimum absolute atomic E-state index is 0.0156. The molecule has 6 heteroatoms. The van der Waals surface area contributed by atoms with E-state index in [0.717, 1.165) is 11.4 Å². The highest BCUT2D eigenvalue weighted by molar-refractivity contribution is 6.28. The van der Waals surface area contributed by atoms with Crippen molar-refractivity contribution in [3.8, 4) is 0 Å². The molecule has 1 atom stereocenters. The lowest BCUT2D eigenvalue weighted by molar-refractivity contribution is 0.0365. The van der Waals surface area contributed by atoms with E-state index in [0.29, 0.717) is 13.2 Å². The van der Waals surface area contributed by atoms with Crippen LogP contribution in [0.5, 0.6) is 0 Å². The average molecular weight is 246 g/mol. The van der Waals surface area contributed by atoms with E-state index in [2.05, 4.69) is 15.3 Å². The Morgan fingerprint density at radius 1 is 1.50 bits per heavy atom. The van der Waals surface area contributed by atoms with Gasteiger partial charge in [-0.1, -0.05) is 0 Å². The molecule has 1 aromatic heterocycles. The quantitative estimate of drug-likeness (QED) is 0.770. The Balaban J connectivity index is 2.55. The monoisotopic (exact) mass is 245 g/mol. The molecule has 16 heavy (non-hydrogen) atoms. The molecule has 0 aliphatic carbocycles. The topological polar surface area (TPSA) is 56.3 Å². The summed E-state index contributed by atoms with van der Waals surface area (Å²) >= 11 is 5.71. The second-order valence-corrected chi connectivity index (χ2v) is 3.70. The van der Waals surface area contributed by atoms with Crippen LogP contribution in [-0.2, 0) is 9.47 Å². The number of rotatable bonds is 6. The largest absolute Gasteiger partial charge is 0.382 e. The van der Waals surface area contributed by atoms with Gasteiger partial charge in [-0.15, -0.1) is 0 Å². The Morgan fingerprint density at radius 3 is 2.88 bits per heavy atom. The maximum atomic E-state index is 5.71. The van der Waals surface area contributed by atoms with Crippen LogP contribution in [-0.4, -0.2) is 43.4 Å². The summed E-state index contributed by atoms with van der Waals surface area (Å²) in [4.78, 5) is 7.97. The van der Waals surface area contributed by atoms with Gasteiger partial charge >= 0.3 is 0 Å². The summed E-state index contributed by atoms with van der Waals surface area (Å²) in [5, 5.41) is 3.38. The molecule has 0 fully saturated rings. The van der Waals surface area contributed by atoms with Crippen LogP contribution >= 0.6 is 11.6 Å². The van der Waals surface area contributed by atoms with E-state index < -0.39 is 0 Å². The summed E-state index contributed by atoms with van der Waals surface area (Å²) in [7, 11) is 3.28. The van der Waals surface area contributed by atoms with Crippen LogP contribution < -0.4 is 5.32 Å². The molecule has 1 unspecified atom stereocenters. The normalized spacial score (nSPS) is 12.5. The number of methoxy groups -OCH3 is 2. The minimum Gasteiger partial charge on any atom is -0.382 e. The molecule has 1 rings (SSSR count). The van der Waals surface area contributed by atoms with Crippen molar-refractivity contribution in [1.82, 2.24) is 9.97 Å². The van der Waals surface area contributed by atoms with E-state index in [1.54, 1.807) is 20.4 Å². The molecule has 0 aromatic carbocycles. The van der Waals surface area contributed by atoms with Gasteiger partial charge in [0.1, 0.15) is 5.82 Å². The highest BCUT2D eigenvalue weighted by Crippen LogP contribution is 2.12. The third kappa shape index (κ3) is 3.92. The first kappa shape index (κ1) is 13.2. The number of nitrogens with one attached hydrogen (secondary N) is 1. The number of ether oxygens (including phenoxy) is 2. The number of hydrogen-bond donors (Lipinski definition) is 1. The molecule has 1 aromatic rings. The lowest BCUT2D eigenvalue weighted by atomic mass is 10.3. The van der Waals surface area contributed by atoms with Crippen molar-refractivity contribution in [2.24, 2.45) is 0 Å². The Kier molecular flexibility index (Phi) is 5.45. The first-order valence-electron chi connectivity index (χ1n) is 4.92. The second kappa shape index (κ2) is 6.62. The zero-order chi connectivity index (χ0) is 12.0. The molecular weight excluding hydrogens is 230 g/mol. The Morgan fingerprint density at radius 2 is 2.25 bits per heavy atom. The molecule has 0 amide bonds. The van der Waals surface area contributed by atoms with Crippen LogP contribution in [0.2, 0.25) is 5.28 Å². The van der Waals surface area contributed by atoms with Crippen LogP contribution in [0.3, 0.4) is 0 Å². The summed E-state index contributed by atoms with van der Waals surface area (Å²) in [6.45, 7) is 3.05. The van der Waals surface area contributed by atoms with E-state index in [-0.39, 0.29) is 11.4 Å². The summed E-state index contributed by atoms with van der Waals surface area (Å²) in [6.07, 6.45) is 1.66. The van der Waals surface area contributed by atoms with Gasteiger partial charge in [-0.25, -0.2) is 9.97 Å². The maximum absolute atomic E-state index is 5.71. The Bertz CT molecular complexity index is 336. The summed E-state index contributed by atoms with van der Waals surface area (Å²) in [5.74, 6) is 0.721. The predicted octanol–water partition coefficient (Wildman–Crippen LogP) is 1.51. The zero-order valence-electron chi connectivity index (χ0n) is 9.66. The number of anilines is 1. The smallest absolute Gasteiger partial charge is 0.224 e. The van der Waals surface area contributed by atoms with Crippen molar-refractivity contribution in [2.45, 2.75) is 13.0 Å². The molecule has 1 N–H and O–H groups in total. The molecule has 0 aliphatic heterocycles. The van der Waals surface area contributed by atoms with Gasteiger partial charge in [0.25, 0.3) is 0 Å². The van der Waals surface area contributed by atoms with Crippen LogP contribution in [0, 0.1) is 6.92 Å². The van der Waals surface area contributed by atoms with E-state index in [1.165, 1.54) is 0 Å². The number of hydrogen-bond acceptors (Lipinski definition) is 5. The van der Waals surface area contributed by atoms with Crippen LogP contribution in [0.1, 0.15) is 5.56 Å². The van der Waals surface area contributed by atoms with Crippen molar-refractivity contribution in [2.75, 3.05) is 32.7 Å². The standard InChI is InChI=1S/C10H16ClN3O2/c1-7-4-13-10(11)14-9(7)12-5-8(16-3)6-15-2/h4,8H,5-6H2,1-3H3,(H,12,13,14). The van der Waals surface area contributed by atoms with Gasteiger partial charge in [-0.2, -0.15) is 0 Å². The summed E-state index contributed by atoms with van der Waals surface area (Å²) in [6, 6.07) is 0. The SMILES string of the molecule is COCC(CNc1nc(Cl)ncc1C)OC. The Hall–Kier alpha value is -0.910. The summed E-state index contributed by atoms with van der Waals surface area (Å²) in [5.41, 5.74) is 0.941. The van der Waals surface area contributed by atoms with Crippen LogP contribution in [0.15, 0.2) is 6.20 Å². The molecule has 90 valence electrons. The van der Waals surface area contributed by atoms with Crippen molar-refractivity contribution in [1.29, 1.82) is 0 Å². The lowest BCUT2D eigenvalue weighted by Gasteiger charge is -2.16. The highest BCUT2D eigenvalue weighted by Gasteiger charge is 2.08. The highest BCUT2D eigenvalue weighted by atomic mass is 35.5. The first-order valence-corrected chi connectivity index (χ1v) is 5.30. The van der Waals surface area contributed by atoms with E-state index >= 15 is 0 Å². The molecule has 0 saturated heterocycles. The van der Waals surface area contributed by atoms with E-state index in [4.69, 9.17) is 21.1 Å². The van der Waals surface area contributed by atoms with Gasteiger partial charge in [0.15, 0.2) is 0 Å². The van der Waals surface area contributed by atoms with Crippen molar-refractivity contribution in [3.05, 3.63) is 17.0 Å². The molecule has 0 saturated carbocycles. The van der Waals surface area contributed by atoms with Crippen LogP contribution in [0.25, 0.3) is 0 Å². The van der Waals surface area contributed by atoms with Gasteiger partial charge in [0.2, 0.25) is 5.28 Å². The van der Waals surface area contributed by atoms with Gasteiger partial charge in [-0.3, -0.25) is 0 Å². The fourth-order valence-corrected chi connectivity index (χ4v) is 1.34. The molecular formula is C10H16ClN3O2. The van der Waals surface area contributed by atoms with Crippen LogP contribution in [0.4, 0.5) is 5.82 Å². The molecule has 0 radical (unpaired) electrons. The molecule has 0 spiro atoms. The first-order chi connectivity index (χ1) is 7.67. The maximum Gasteiger partial charge on any atom is 0.224 e. The fraction of sp³-hybridized carbons (Fsp3) is 0.600.